The molecule has 0 aromatic carbocycles. The van der Waals surface area contributed by atoms with Crippen molar-refractivity contribution in [2.75, 3.05) is 14.1 Å². The lowest BCUT2D eigenvalue weighted by molar-refractivity contribution is -0.269. The molecule has 0 fully saturated rings. The number of rotatable bonds is 43. The van der Waals surface area contributed by atoms with E-state index in [1.165, 1.54) is 218 Å². The first kappa shape index (κ1) is 51.9. The fourth-order valence-electron chi connectivity index (χ4n) is 7.42. The van der Waals surface area contributed by atoms with Gasteiger partial charge in [0, 0.05) is 19.8 Å². The third-order valence-electron chi connectivity index (χ3n) is 11.4. The predicted octanol–water partition coefficient (Wildman–Crippen LogP) is 16.0. The van der Waals surface area contributed by atoms with Crippen LogP contribution in [0.2, 0.25) is 0 Å². The Kier molecular flexibility index (Phi) is 39.7. The molecule has 316 valence electrons. The fraction of sp³-hybridized carbons (Fsp3) is 0.958. The van der Waals surface area contributed by atoms with E-state index in [9.17, 15) is 9.59 Å². The van der Waals surface area contributed by atoms with E-state index in [1.54, 1.807) is 25.9 Å². The van der Waals surface area contributed by atoms with E-state index < -0.39 is 5.91 Å². The molecule has 53 heavy (non-hydrogen) atoms. The molecule has 0 heterocycles. The van der Waals surface area contributed by atoms with Crippen LogP contribution in [-0.4, -0.2) is 36.8 Å². The molecule has 5 nitrogen and oxygen atoms in total. The van der Waals surface area contributed by atoms with E-state index >= 15 is 0 Å². The van der Waals surface area contributed by atoms with Crippen molar-refractivity contribution in [3.05, 3.63) is 0 Å². The third kappa shape index (κ3) is 37.6. The molecule has 0 atom stereocenters. The average Bonchev–Trinajstić information content (AvgIpc) is 3.13. The molecule has 0 N–H and O–H groups in total. The smallest absolute Gasteiger partial charge is 0.317 e. The second-order valence-electron chi connectivity index (χ2n) is 17.0. The summed E-state index contributed by atoms with van der Waals surface area (Å²) >= 11 is 0. The van der Waals surface area contributed by atoms with E-state index in [0.717, 1.165) is 25.7 Å². The highest BCUT2D eigenvalue weighted by atomic mass is 16.8. The fourth-order valence-corrected chi connectivity index (χ4v) is 7.42. The summed E-state index contributed by atoms with van der Waals surface area (Å²) in [6.45, 7) is 6.25. The molecule has 0 aromatic rings. The van der Waals surface area contributed by atoms with Gasteiger partial charge >= 0.3 is 17.8 Å². The first-order chi connectivity index (χ1) is 25.9. The topological polar surface area (TPSA) is 55.8 Å². The van der Waals surface area contributed by atoms with E-state index in [0.29, 0.717) is 12.8 Å². The van der Waals surface area contributed by atoms with Crippen LogP contribution in [0.15, 0.2) is 0 Å². The number of carbonyl (C=O) groups is 2. The van der Waals surface area contributed by atoms with Gasteiger partial charge in [-0.05, 0) is 26.9 Å². The molecule has 0 unspecified atom stereocenters. The molecule has 0 rings (SSSR count). The van der Waals surface area contributed by atoms with E-state index in [4.69, 9.17) is 9.47 Å². The zero-order valence-corrected chi connectivity index (χ0v) is 36.9. The van der Waals surface area contributed by atoms with Gasteiger partial charge in [0.1, 0.15) is 0 Å². The van der Waals surface area contributed by atoms with Crippen LogP contribution < -0.4 is 0 Å². The van der Waals surface area contributed by atoms with E-state index in [1.807, 2.05) is 0 Å². The lowest BCUT2D eigenvalue weighted by Gasteiger charge is -2.34. The van der Waals surface area contributed by atoms with Gasteiger partial charge in [-0.3, -0.25) is 9.59 Å². The van der Waals surface area contributed by atoms with Gasteiger partial charge in [-0.25, -0.2) is 4.90 Å². The summed E-state index contributed by atoms with van der Waals surface area (Å²) in [5.41, 5.74) is 0. The molecule has 0 radical (unpaired) electrons. The van der Waals surface area contributed by atoms with Gasteiger partial charge in [0.2, 0.25) is 0 Å². The molecule has 0 bridgehead atoms. The monoisotopic (exact) mass is 750 g/mol. The molecule has 0 saturated heterocycles. The summed E-state index contributed by atoms with van der Waals surface area (Å²) in [4.78, 5) is 26.9. The predicted molar refractivity (Wildman–Crippen MR) is 230 cm³/mol. The summed E-state index contributed by atoms with van der Waals surface area (Å²) in [6.07, 6.45) is 51.4. The highest BCUT2D eigenvalue weighted by Crippen LogP contribution is 2.21. The van der Waals surface area contributed by atoms with Crippen molar-refractivity contribution in [2.24, 2.45) is 0 Å². The normalized spacial score (nSPS) is 11.8. The van der Waals surface area contributed by atoms with Crippen LogP contribution in [0.25, 0.3) is 0 Å². The molecule has 0 amide bonds. The maximum Gasteiger partial charge on any atom is 0.317 e. The zero-order chi connectivity index (χ0) is 38.9. The second kappa shape index (κ2) is 40.6. The van der Waals surface area contributed by atoms with Gasteiger partial charge in [-0.2, -0.15) is 0 Å². The Balaban J connectivity index is 3.66. The van der Waals surface area contributed by atoms with Gasteiger partial charge in [-0.15, -0.1) is 0 Å². The largest absolute Gasteiger partial charge is 0.409 e. The van der Waals surface area contributed by atoms with Gasteiger partial charge in [-0.1, -0.05) is 245 Å². The van der Waals surface area contributed by atoms with Crippen LogP contribution in [0.5, 0.6) is 0 Å². The summed E-state index contributed by atoms with van der Waals surface area (Å²) in [6, 6.07) is 0. The number of unbranched alkanes of at least 4 members (excludes halogenated alkanes) is 36. The Hall–Kier alpha value is -1.10. The summed E-state index contributed by atoms with van der Waals surface area (Å²) < 4.78 is 11.4. The number of nitrogens with zero attached hydrogens (tertiary/aromatic N) is 1. The molecule has 5 heteroatoms. The van der Waals surface area contributed by atoms with Crippen molar-refractivity contribution in [1.29, 1.82) is 0 Å². The number of esters is 2. The van der Waals surface area contributed by atoms with Crippen molar-refractivity contribution in [2.45, 2.75) is 284 Å². The Labute approximate surface area is 332 Å². The second-order valence-corrected chi connectivity index (χ2v) is 17.0. The van der Waals surface area contributed by atoms with Gasteiger partial charge in [0.15, 0.2) is 0 Å². The Morgan fingerprint density at radius 3 is 0.679 bits per heavy atom. The third-order valence-corrected chi connectivity index (χ3v) is 11.4. The zero-order valence-electron chi connectivity index (χ0n) is 36.9. The van der Waals surface area contributed by atoms with E-state index in [2.05, 4.69) is 13.8 Å². The first-order valence-corrected chi connectivity index (χ1v) is 24.0. The summed E-state index contributed by atoms with van der Waals surface area (Å²) in [5.74, 6) is -1.93. The summed E-state index contributed by atoms with van der Waals surface area (Å²) in [7, 11) is 3.57. The van der Waals surface area contributed by atoms with Crippen molar-refractivity contribution in [3.63, 3.8) is 0 Å². The highest BCUT2D eigenvalue weighted by Gasteiger charge is 2.35. The molecule has 0 aliphatic heterocycles. The maximum absolute atomic E-state index is 12.6. The number of ether oxygens (including phenoxy) is 2. The van der Waals surface area contributed by atoms with Crippen LogP contribution in [0.1, 0.15) is 278 Å². The van der Waals surface area contributed by atoms with Crippen molar-refractivity contribution in [3.8, 4) is 0 Å². The maximum atomic E-state index is 12.6. The van der Waals surface area contributed by atoms with E-state index in [-0.39, 0.29) is 11.9 Å². The number of carbonyl (C=O) groups excluding carboxylic acids is 2. The molecular weight excluding hydrogens is 655 g/mol. The minimum Gasteiger partial charge on any atom is -0.409 e. The van der Waals surface area contributed by atoms with Crippen LogP contribution in [-0.2, 0) is 19.1 Å². The SMILES string of the molecule is CCCCCCCCCCCCCCCCCCCCCC(=O)OC(C)(OC(=O)CCCCCCCCCCCCCCCCCCCCC)N(C)C. The molecule has 0 spiro atoms. The Bertz CT molecular complexity index is 713. The van der Waals surface area contributed by atoms with Crippen LogP contribution in [0.3, 0.4) is 0 Å². The number of hydrogen-bond donors (Lipinski definition) is 0. The molecule has 0 saturated carbocycles. The standard InChI is InChI=1S/C48H95NO4/c1-6-8-10-12-14-16-18-20-22-24-26-28-30-32-34-36-38-40-42-44-46(50)52-48(3,49(4)5)53-47(51)45-43-41-39-37-35-33-31-29-27-25-23-21-19-17-15-13-11-9-7-2/h6-45H2,1-5H3. The van der Waals surface area contributed by atoms with Crippen molar-refractivity contribution < 1.29 is 19.1 Å². The minimum absolute atomic E-state index is 0.288. The van der Waals surface area contributed by atoms with Crippen molar-refractivity contribution >= 4 is 11.9 Å². The quantitative estimate of drug-likeness (QED) is 0.0353. The number of hydrogen-bond acceptors (Lipinski definition) is 5. The average molecular weight is 750 g/mol. The van der Waals surface area contributed by atoms with Gasteiger partial charge < -0.3 is 9.47 Å². The van der Waals surface area contributed by atoms with Crippen molar-refractivity contribution in [1.82, 2.24) is 4.90 Å². The summed E-state index contributed by atoms with van der Waals surface area (Å²) in [5, 5.41) is 0. The Morgan fingerprint density at radius 2 is 0.509 bits per heavy atom. The van der Waals surface area contributed by atoms with Crippen LogP contribution >= 0.6 is 0 Å². The van der Waals surface area contributed by atoms with Gasteiger partial charge in [0.05, 0.1) is 0 Å². The molecular formula is C48H95NO4. The van der Waals surface area contributed by atoms with Crippen LogP contribution in [0, 0.1) is 0 Å². The molecule has 0 aromatic heterocycles. The molecule has 0 aliphatic rings. The first-order valence-electron chi connectivity index (χ1n) is 24.0. The lowest BCUT2D eigenvalue weighted by Crippen LogP contribution is -2.49. The highest BCUT2D eigenvalue weighted by molar-refractivity contribution is 5.71. The molecule has 0 aliphatic carbocycles. The lowest BCUT2D eigenvalue weighted by atomic mass is 10.0. The minimum atomic E-state index is -1.35. The van der Waals surface area contributed by atoms with Crippen LogP contribution in [0.4, 0.5) is 0 Å². The Morgan fingerprint density at radius 1 is 0.340 bits per heavy atom. The van der Waals surface area contributed by atoms with Gasteiger partial charge in [0.25, 0.3) is 0 Å².